The molecule has 0 amide bonds. The van der Waals surface area contributed by atoms with Crippen LogP contribution in [0, 0.1) is 18.6 Å². The summed E-state index contributed by atoms with van der Waals surface area (Å²) < 4.78 is 28.3. The summed E-state index contributed by atoms with van der Waals surface area (Å²) in [6.07, 6.45) is 0. The van der Waals surface area contributed by atoms with Crippen molar-refractivity contribution < 1.29 is 8.78 Å². The fourth-order valence-corrected chi connectivity index (χ4v) is 2.40. The smallest absolute Gasteiger partial charge is 0.146 e. The molecule has 0 saturated carbocycles. The van der Waals surface area contributed by atoms with Gasteiger partial charge in [0.1, 0.15) is 11.6 Å². The van der Waals surface area contributed by atoms with E-state index >= 15 is 0 Å². The molecule has 2 aromatic carbocycles. The number of rotatable bonds is 4. The van der Waals surface area contributed by atoms with Crippen molar-refractivity contribution in [1.82, 2.24) is 5.32 Å². The van der Waals surface area contributed by atoms with Crippen molar-refractivity contribution >= 4 is 11.6 Å². The summed E-state index contributed by atoms with van der Waals surface area (Å²) in [5, 5.41) is 3.15. The fraction of sp³-hybridized carbons (Fsp3) is 0.250. The fourth-order valence-electron chi connectivity index (χ4n) is 2.22. The van der Waals surface area contributed by atoms with E-state index in [4.69, 9.17) is 11.6 Å². The van der Waals surface area contributed by atoms with Crippen LogP contribution >= 0.6 is 11.6 Å². The molecule has 0 heterocycles. The number of aryl methyl sites for hydroxylation is 1. The summed E-state index contributed by atoms with van der Waals surface area (Å²) in [4.78, 5) is 0. The van der Waals surface area contributed by atoms with Crippen molar-refractivity contribution in [3.63, 3.8) is 0 Å². The van der Waals surface area contributed by atoms with E-state index in [0.717, 1.165) is 5.56 Å². The van der Waals surface area contributed by atoms with E-state index in [1.807, 2.05) is 13.8 Å². The Bertz CT molecular complexity index is 611. The van der Waals surface area contributed by atoms with E-state index < -0.39 is 11.9 Å². The van der Waals surface area contributed by atoms with E-state index in [0.29, 0.717) is 17.7 Å². The third kappa shape index (κ3) is 3.00. The first-order valence-corrected chi connectivity index (χ1v) is 6.85. The predicted molar refractivity (Wildman–Crippen MR) is 78.1 cm³/mol. The number of hydrogen-bond acceptors (Lipinski definition) is 1. The van der Waals surface area contributed by atoms with Crippen molar-refractivity contribution in [3.8, 4) is 0 Å². The molecule has 0 aliphatic carbocycles. The van der Waals surface area contributed by atoms with Crippen LogP contribution in [0.5, 0.6) is 0 Å². The molecule has 0 saturated heterocycles. The second-order valence-electron chi connectivity index (χ2n) is 4.66. The zero-order valence-corrected chi connectivity index (χ0v) is 12.1. The number of hydrogen-bond donors (Lipinski definition) is 1. The van der Waals surface area contributed by atoms with Gasteiger partial charge >= 0.3 is 0 Å². The standard InChI is InChI=1S/C16H16ClF2N/c1-3-20-16(11-5-4-6-13(17)15(11)19)12-9-10(2)7-8-14(12)18/h4-9,16,20H,3H2,1-2H3. The van der Waals surface area contributed by atoms with Crippen LogP contribution in [-0.4, -0.2) is 6.54 Å². The van der Waals surface area contributed by atoms with E-state index in [2.05, 4.69) is 5.32 Å². The molecule has 106 valence electrons. The number of benzene rings is 2. The Kier molecular flexibility index (Phi) is 4.73. The third-order valence-electron chi connectivity index (χ3n) is 3.16. The van der Waals surface area contributed by atoms with Crippen LogP contribution in [0.4, 0.5) is 8.78 Å². The van der Waals surface area contributed by atoms with E-state index in [-0.39, 0.29) is 10.8 Å². The van der Waals surface area contributed by atoms with E-state index in [1.165, 1.54) is 12.1 Å². The van der Waals surface area contributed by atoms with Gasteiger partial charge in [-0.1, -0.05) is 48.4 Å². The first-order chi connectivity index (χ1) is 9.54. The highest BCUT2D eigenvalue weighted by molar-refractivity contribution is 6.30. The zero-order chi connectivity index (χ0) is 14.7. The lowest BCUT2D eigenvalue weighted by atomic mass is 9.96. The Labute approximate surface area is 122 Å². The molecule has 0 spiro atoms. The first-order valence-electron chi connectivity index (χ1n) is 6.48. The summed E-state index contributed by atoms with van der Waals surface area (Å²) in [6.45, 7) is 4.35. The number of halogens is 3. The number of nitrogens with one attached hydrogen (secondary N) is 1. The van der Waals surface area contributed by atoms with Gasteiger partial charge in [0, 0.05) is 11.1 Å². The molecule has 0 fully saturated rings. The van der Waals surface area contributed by atoms with Crippen LogP contribution < -0.4 is 5.32 Å². The van der Waals surface area contributed by atoms with Crippen molar-refractivity contribution in [2.24, 2.45) is 0 Å². The van der Waals surface area contributed by atoms with Crippen molar-refractivity contribution in [1.29, 1.82) is 0 Å². The molecule has 1 unspecified atom stereocenters. The van der Waals surface area contributed by atoms with Gasteiger partial charge in [0.2, 0.25) is 0 Å². The van der Waals surface area contributed by atoms with E-state index in [1.54, 1.807) is 24.3 Å². The largest absolute Gasteiger partial charge is 0.306 e. The molecule has 2 aromatic rings. The summed E-state index contributed by atoms with van der Waals surface area (Å²) >= 11 is 5.82. The SMILES string of the molecule is CCNC(c1cc(C)ccc1F)c1cccc(Cl)c1F. The normalized spacial score (nSPS) is 12.4. The maximum absolute atomic E-state index is 14.2. The van der Waals surface area contributed by atoms with Crippen LogP contribution in [0.15, 0.2) is 36.4 Å². The monoisotopic (exact) mass is 295 g/mol. The molecule has 0 radical (unpaired) electrons. The highest BCUT2D eigenvalue weighted by atomic mass is 35.5. The minimum atomic E-state index is -0.557. The van der Waals surface area contributed by atoms with Gasteiger partial charge in [0.15, 0.2) is 0 Å². The molecule has 20 heavy (non-hydrogen) atoms. The molecule has 2 rings (SSSR count). The second kappa shape index (κ2) is 6.33. The first kappa shape index (κ1) is 14.9. The highest BCUT2D eigenvalue weighted by Crippen LogP contribution is 2.30. The predicted octanol–water partition coefficient (Wildman–Crippen LogP) is 4.63. The Hall–Kier alpha value is -1.45. The minimum absolute atomic E-state index is 0.0402. The quantitative estimate of drug-likeness (QED) is 0.867. The van der Waals surface area contributed by atoms with Gasteiger partial charge in [-0.2, -0.15) is 0 Å². The lowest BCUT2D eigenvalue weighted by Crippen LogP contribution is -2.24. The van der Waals surface area contributed by atoms with Gasteiger partial charge in [0.05, 0.1) is 11.1 Å². The Morgan fingerprint density at radius 1 is 1.15 bits per heavy atom. The summed E-state index contributed by atoms with van der Waals surface area (Å²) in [5.74, 6) is -0.873. The van der Waals surface area contributed by atoms with Crippen LogP contribution in [0.2, 0.25) is 5.02 Å². The van der Waals surface area contributed by atoms with Gasteiger partial charge in [-0.15, -0.1) is 0 Å². The molecular weight excluding hydrogens is 280 g/mol. The van der Waals surface area contributed by atoms with Gasteiger partial charge in [-0.25, -0.2) is 8.78 Å². The van der Waals surface area contributed by atoms with Crippen LogP contribution in [0.1, 0.15) is 29.7 Å². The van der Waals surface area contributed by atoms with Gasteiger partial charge in [0.25, 0.3) is 0 Å². The van der Waals surface area contributed by atoms with Gasteiger partial charge in [-0.05, 0) is 25.6 Å². The Morgan fingerprint density at radius 2 is 1.90 bits per heavy atom. The van der Waals surface area contributed by atoms with Crippen LogP contribution in [0.3, 0.4) is 0 Å². The molecule has 1 N–H and O–H groups in total. The highest BCUT2D eigenvalue weighted by Gasteiger charge is 2.21. The maximum Gasteiger partial charge on any atom is 0.146 e. The van der Waals surface area contributed by atoms with Crippen molar-refractivity contribution in [2.45, 2.75) is 19.9 Å². The second-order valence-corrected chi connectivity index (χ2v) is 5.07. The summed E-state index contributed by atoms with van der Waals surface area (Å²) in [5.41, 5.74) is 1.70. The molecule has 0 aliphatic rings. The van der Waals surface area contributed by atoms with Crippen LogP contribution in [-0.2, 0) is 0 Å². The van der Waals surface area contributed by atoms with Gasteiger partial charge in [-0.3, -0.25) is 0 Å². The molecule has 0 bridgehead atoms. The van der Waals surface area contributed by atoms with E-state index in [9.17, 15) is 8.78 Å². The average molecular weight is 296 g/mol. The molecular formula is C16H16ClF2N. The molecule has 1 nitrogen and oxygen atoms in total. The van der Waals surface area contributed by atoms with Crippen molar-refractivity contribution in [2.75, 3.05) is 6.54 Å². The maximum atomic E-state index is 14.2. The topological polar surface area (TPSA) is 12.0 Å². The molecule has 4 heteroatoms. The summed E-state index contributed by atoms with van der Waals surface area (Å²) in [7, 11) is 0. The zero-order valence-electron chi connectivity index (χ0n) is 11.4. The summed E-state index contributed by atoms with van der Waals surface area (Å²) in [6, 6.07) is 9.03. The molecule has 0 aliphatic heterocycles. The van der Waals surface area contributed by atoms with Crippen LogP contribution in [0.25, 0.3) is 0 Å². The Morgan fingerprint density at radius 3 is 2.60 bits per heavy atom. The average Bonchev–Trinajstić information content (AvgIpc) is 2.43. The lowest BCUT2D eigenvalue weighted by molar-refractivity contribution is 0.530. The molecule has 1 atom stereocenters. The third-order valence-corrected chi connectivity index (χ3v) is 3.46. The molecule has 0 aromatic heterocycles. The van der Waals surface area contributed by atoms with Gasteiger partial charge < -0.3 is 5.32 Å². The lowest BCUT2D eigenvalue weighted by Gasteiger charge is -2.21. The Balaban J connectivity index is 2.56. The van der Waals surface area contributed by atoms with Crippen molar-refractivity contribution in [3.05, 3.63) is 69.7 Å². The minimum Gasteiger partial charge on any atom is -0.306 e.